The largest absolute Gasteiger partial charge is 0.459 e. The van der Waals surface area contributed by atoms with Crippen LogP contribution in [0.2, 0.25) is 0 Å². The third-order valence-electron chi connectivity index (χ3n) is 3.20. The highest BCUT2D eigenvalue weighted by Gasteiger charge is 2.16. The van der Waals surface area contributed by atoms with Crippen molar-refractivity contribution in [1.82, 2.24) is 10.6 Å². The molecule has 0 fully saturated rings. The maximum atomic E-state index is 12.0. The predicted molar refractivity (Wildman–Crippen MR) is 99.2 cm³/mol. The smallest absolute Gasteiger partial charge is 0.408 e. The number of carbonyl (C=O) groups is 3. The first-order valence-electron chi connectivity index (χ1n) is 8.40. The molecule has 0 bridgehead atoms. The molecule has 1 aromatic heterocycles. The van der Waals surface area contributed by atoms with Crippen LogP contribution in [0.5, 0.6) is 0 Å². The highest BCUT2D eigenvalue weighted by molar-refractivity contribution is 5.94. The molecule has 2 rings (SSSR count). The van der Waals surface area contributed by atoms with Gasteiger partial charge in [0.25, 0.3) is 5.91 Å². The van der Waals surface area contributed by atoms with Crippen LogP contribution >= 0.6 is 0 Å². The van der Waals surface area contributed by atoms with Gasteiger partial charge in [-0.3, -0.25) is 9.59 Å². The van der Waals surface area contributed by atoms with E-state index in [0.29, 0.717) is 5.69 Å². The molecule has 1 aromatic carbocycles. The molecule has 0 aliphatic rings. The first kappa shape index (κ1) is 20.0. The summed E-state index contributed by atoms with van der Waals surface area (Å²) in [5, 5.41) is 7.79. The Labute approximate surface area is 157 Å². The van der Waals surface area contributed by atoms with Gasteiger partial charge in [0.05, 0.1) is 6.26 Å². The van der Waals surface area contributed by atoms with Gasteiger partial charge < -0.3 is 25.1 Å². The van der Waals surface area contributed by atoms with E-state index in [1.165, 1.54) is 6.26 Å². The second-order valence-corrected chi connectivity index (χ2v) is 6.76. The quantitative estimate of drug-likeness (QED) is 0.721. The maximum absolute atomic E-state index is 12.0. The molecule has 8 nitrogen and oxygen atoms in total. The topological polar surface area (TPSA) is 110 Å². The summed E-state index contributed by atoms with van der Waals surface area (Å²) in [6, 6.07) is 10.2. The number of ether oxygens (including phenoxy) is 1. The Hall–Kier alpha value is -3.29. The summed E-state index contributed by atoms with van der Waals surface area (Å²) in [6.45, 7) is 5.28. The molecule has 2 aromatic rings. The number of benzene rings is 1. The van der Waals surface area contributed by atoms with Crippen LogP contribution in [0.4, 0.5) is 10.5 Å². The van der Waals surface area contributed by atoms with Gasteiger partial charge in [-0.1, -0.05) is 12.1 Å². The summed E-state index contributed by atoms with van der Waals surface area (Å²) in [5.41, 5.74) is 0.721. The number of hydrogen-bond acceptors (Lipinski definition) is 5. The van der Waals surface area contributed by atoms with E-state index in [0.717, 1.165) is 5.56 Å². The maximum Gasteiger partial charge on any atom is 0.408 e. The van der Waals surface area contributed by atoms with Crippen molar-refractivity contribution >= 4 is 23.6 Å². The van der Waals surface area contributed by atoms with Crippen molar-refractivity contribution in [2.24, 2.45) is 0 Å². The molecule has 0 spiro atoms. The Morgan fingerprint density at radius 3 is 2.52 bits per heavy atom. The van der Waals surface area contributed by atoms with Crippen LogP contribution in [0.3, 0.4) is 0 Å². The highest BCUT2D eigenvalue weighted by atomic mass is 16.6. The van der Waals surface area contributed by atoms with E-state index < -0.39 is 17.6 Å². The van der Waals surface area contributed by atoms with Crippen molar-refractivity contribution in [2.45, 2.75) is 32.9 Å². The van der Waals surface area contributed by atoms with Crippen LogP contribution in [0.1, 0.15) is 36.9 Å². The van der Waals surface area contributed by atoms with Crippen LogP contribution in [-0.2, 0) is 16.1 Å². The second-order valence-electron chi connectivity index (χ2n) is 6.76. The third-order valence-corrected chi connectivity index (χ3v) is 3.20. The summed E-state index contributed by atoms with van der Waals surface area (Å²) in [4.78, 5) is 35.4. The van der Waals surface area contributed by atoms with E-state index in [4.69, 9.17) is 9.15 Å². The molecule has 27 heavy (non-hydrogen) atoms. The normalized spacial score (nSPS) is 10.8. The summed E-state index contributed by atoms with van der Waals surface area (Å²) < 4.78 is 10.1. The number of amides is 3. The number of alkyl carbamates (subject to hydrolysis) is 1. The van der Waals surface area contributed by atoms with Crippen molar-refractivity contribution in [3.63, 3.8) is 0 Å². The van der Waals surface area contributed by atoms with Crippen molar-refractivity contribution in [3.8, 4) is 0 Å². The van der Waals surface area contributed by atoms with Crippen LogP contribution in [0.25, 0.3) is 0 Å². The Morgan fingerprint density at radius 1 is 1.07 bits per heavy atom. The zero-order valence-electron chi connectivity index (χ0n) is 15.5. The number of anilines is 1. The fourth-order valence-electron chi connectivity index (χ4n) is 2.11. The molecule has 0 saturated carbocycles. The first-order chi connectivity index (χ1) is 12.7. The monoisotopic (exact) mass is 373 g/mol. The lowest BCUT2D eigenvalue weighted by Gasteiger charge is -2.19. The van der Waals surface area contributed by atoms with Crippen LogP contribution < -0.4 is 16.0 Å². The van der Waals surface area contributed by atoms with Crippen molar-refractivity contribution in [1.29, 1.82) is 0 Å². The number of nitrogens with one attached hydrogen (secondary N) is 3. The Kier molecular flexibility index (Phi) is 6.59. The fraction of sp³-hybridized carbons (Fsp3) is 0.316. The number of rotatable bonds is 6. The molecule has 0 atom stereocenters. The van der Waals surface area contributed by atoms with Gasteiger partial charge in [0, 0.05) is 12.2 Å². The zero-order chi connectivity index (χ0) is 19.9. The second kappa shape index (κ2) is 8.88. The lowest BCUT2D eigenvalue weighted by molar-refractivity contribution is -0.115. The van der Waals surface area contributed by atoms with Crippen LogP contribution in [0, 0.1) is 0 Å². The Morgan fingerprint density at radius 2 is 1.85 bits per heavy atom. The SMILES string of the molecule is CC(C)(C)OC(=O)NCC(=O)Nc1cccc(CNC(=O)c2ccco2)c1. The van der Waals surface area contributed by atoms with E-state index >= 15 is 0 Å². The lowest BCUT2D eigenvalue weighted by Crippen LogP contribution is -2.37. The minimum absolute atomic E-state index is 0.214. The molecule has 8 heteroatoms. The van der Waals surface area contributed by atoms with Gasteiger partial charge in [0.2, 0.25) is 5.91 Å². The van der Waals surface area contributed by atoms with Gasteiger partial charge in [-0.05, 0) is 50.6 Å². The Bertz CT molecular complexity index is 794. The Balaban J connectivity index is 1.81. The van der Waals surface area contributed by atoms with E-state index in [1.807, 2.05) is 6.07 Å². The third kappa shape index (κ3) is 7.23. The average Bonchev–Trinajstić information content (AvgIpc) is 3.11. The molecule has 3 N–H and O–H groups in total. The highest BCUT2D eigenvalue weighted by Crippen LogP contribution is 2.11. The van der Waals surface area contributed by atoms with Gasteiger partial charge in [0.1, 0.15) is 12.1 Å². The standard InChI is InChI=1S/C19H23N3O5/c1-19(2,3)27-18(25)21-12-16(23)22-14-7-4-6-13(10-14)11-20-17(24)15-8-5-9-26-15/h4-10H,11-12H2,1-3H3,(H,20,24)(H,21,25)(H,22,23). The van der Waals surface area contributed by atoms with Gasteiger partial charge in [-0.15, -0.1) is 0 Å². The molecular weight excluding hydrogens is 350 g/mol. The van der Waals surface area contributed by atoms with Gasteiger partial charge >= 0.3 is 6.09 Å². The van der Waals surface area contributed by atoms with Crippen molar-refractivity contribution in [2.75, 3.05) is 11.9 Å². The zero-order valence-corrected chi connectivity index (χ0v) is 15.5. The van der Waals surface area contributed by atoms with E-state index in [-0.39, 0.29) is 24.8 Å². The van der Waals surface area contributed by atoms with E-state index in [1.54, 1.807) is 51.1 Å². The molecule has 0 aliphatic carbocycles. The molecule has 1 heterocycles. The van der Waals surface area contributed by atoms with Crippen LogP contribution in [-0.4, -0.2) is 30.1 Å². The molecular formula is C19H23N3O5. The molecule has 0 saturated heterocycles. The van der Waals surface area contributed by atoms with Gasteiger partial charge in [-0.2, -0.15) is 0 Å². The van der Waals surface area contributed by atoms with Crippen LogP contribution in [0.15, 0.2) is 47.1 Å². The molecule has 0 aliphatic heterocycles. The summed E-state index contributed by atoms with van der Waals surface area (Å²) >= 11 is 0. The van der Waals surface area contributed by atoms with E-state index in [9.17, 15) is 14.4 Å². The minimum Gasteiger partial charge on any atom is -0.459 e. The van der Waals surface area contributed by atoms with Gasteiger partial charge in [-0.25, -0.2) is 4.79 Å². The fourth-order valence-corrected chi connectivity index (χ4v) is 2.11. The summed E-state index contributed by atoms with van der Waals surface area (Å²) in [5.74, 6) is -0.485. The van der Waals surface area contributed by atoms with E-state index in [2.05, 4.69) is 16.0 Å². The molecule has 144 valence electrons. The number of hydrogen-bond donors (Lipinski definition) is 3. The molecule has 0 unspecified atom stereocenters. The van der Waals surface area contributed by atoms with Crippen molar-refractivity contribution < 1.29 is 23.5 Å². The summed E-state index contributed by atoms with van der Waals surface area (Å²) in [6.07, 6.45) is 0.767. The number of furan rings is 1. The first-order valence-corrected chi connectivity index (χ1v) is 8.40. The molecule has 3 amide bonds. The number of carbonyl (C=O) groups excluding carboxylic acids is 3. The van der Waals surface area contributed by atoms with Crippen molar-refractivity contribution in [3.05, 3.63) is 54.0 Å². The predicted octanol–water partition coefficient (Wildman–Crippen LogP) is 2.67. The average molecular weight is 373 g/mol. The lowest BCUT2D eigenvalue weighted by atomic mass is 10.2. The van der Waals surface area contributed by atoms with Gasteiger partial charge in [0.15, 0.2) is 5.76 Å². The summed E-state index contributed by atoms with van der Waals surface area (Å²) in [7, 11) is 0. The minimum atomic E-state index is -0.660. The molecule has 0 radical (unpaired) electrons.